The molecule has 1 unspecified atom stereocenters. The van der Waals surface area contributed by atoms with Crippen LogP contribution in [0.4, 0.5) is 5.69 Å². The highest BCUT2D eigenvalue weighted by atomic mass is 35.5. The first kappa shape index (κ1) is 16.6. The molecule has 0 aliphatic carbocycles. The summed E-state index contributed by atoms with van der Waals surface area (Å²) in [7, 11) is -1.19. The second-order valence-electron chi connectivity index (χ2n) is 5.90. The van der Waals surface area contributed by atoms with Gasteiger partial charge in [0.25, 0.3) is 0 Å². The number of nitrogens with zero attached hydrogens (tertiary/aromatic N) is 1. The quantitative estimate of drug-likeness (QED) is 0.533. The van der Waals surface area contributed by atoms with Crippen molar-refractivity contribution in [2.45, 2.75) is 38.0 Å². The summed E-state index contributed by atoms with van der Waals surface area (Å²) in [5, 5.41) is 18.4. The summed E-state index contributed by atoms with van der Waals surface area (Å²) in [4.78, 5) is 2.36. The zero-order chi connectivity index (χ0) is 15.2. The van der Waals surface area contributed by atoms with Gasteiger partial charge in [0.15, 0.2) is 0 Å². The predicted molar refractivity (Wildman–Crippen MR) is 88.6 cm³/mol. The third-order valence-corrected chi connectivity index (χ3v) is 4.52. The van der Waals surface area contributed by atoms with Crippen molar-refractivity contribution in [3.63, 3.8) is 0 Å². The van der Waals surface area contributed by atoms with Crippen LogP contribution in [0, 0.1) is 5.92 Å². The van der Waals surface area contributed by atoms with E-state index in [0.717, 1.165) is 43.8 Å². The van der Waals surface area contributed by atoms with Crippen LogP contribution in [0.2, 0.25) is 11.3 Å². The number of hydrogen-bond donors (Lipinski definition) is 3. The Kier molecular flexibility index (Phi) is 6.36. The molecule has 2 rings (SSSR count). The van der Waals surface area contributed by atoms with Crippen molar-refractivity contribution >= 4 is 24.4 Å². The second kappa shape index (κ2) is 8.04. The summed E-state index contributed by atoms with van der Waals surface area (Å²) in [6, 6.07) is 8.14. The lowest BCUT2D eigenvalue weighted by molar-refractivity contribution is 0.393. The van der Waals surface area contributed by atoms with Crippen LogP contribution >= 0.6 is 11.6 Å². The van der Waals surface area contributed by atoms with Crippen molar-refractivity contribution in [3.8, 4) is 0 Å². The summed E-state index contributed by atoms with van der Waals surface area (Å²) in [5.74, 6) is 0.514. The van der Waals surface area contributed by atoms with Crippen molar-refractivity contribution in [3.05, 3.63) is 29.3 Å². The van der Waals surface area contributed by atoms with Crippen LogP contribution in [-0.4, -0.2) is 36.3 Å². The van der Waals surface area contributed by atoms with Crippen LogP contribution in [0.3, 0.4) is 0 Å². The van der Waals surface area contributed by atoms with Gasteiger partial charge in [-0.2, -0.15) is 0 Å². The summed E-state index contributed by atoms with van der Waals surface area (Å²) in [6.45, 7) is 2.03. The fraction of sp³-hybridized carbons (Fsp3) is 0.600. The minimum Gasteiger partial charge on any atom is -0.427 e. The van der Waals surface area contributed by atoms with Gasteiger partial charge in [0, 0.05) is 29.8 Å². The Balaban J connectivity index is 1.75. The Morgan fingerprint density at radius 2 is 2.00 bits per heavy atom. The van der Waals surface area contributed by atoms with Crippen LogP contribution in [0.1, 0.15) is 25.7 Å². The van der Waals surface area contributed by atoms with E-state index in [9.17, 15) is 0 Å². The lowest BCUT2D eigenvalue weighted by Gasteiger charge is -2.22. The van der Waals surface area contributed by atoms with Crippen molar-refractivity contribution in [1.29, 1.82) is 0 Å². The van der Waals surface area contributed by atoms with E-state index in [1.54, 1.807) is 0 Å². The van der Waals surface area contributed by atoms with Gasteiger partial charge in [-0.05, 0) is 49.3 Å². The molecule has 0 radical (unpaired) electrons. The Morgan fingerprint density at radius 1 is 1.29 bits per heavy atom. The molecule has 1 aliphatic heterocycles. The van der Waals surface area contributed by atoms with Crippen LogP contribution in [0.15, 0.2) is 24.3 Å². The molecule has 0 saturated carbocycles. The van der Waals surface area contributed by atoms with Crippen LogP contribution < -0.4 is 10.6 Å². The highest BCUT2D eigenvalue weighted by Crippen LogP contribution is 2.27. The van der Waals surface area contributed by atoms with Gasteiger partial charge in [-0.25, -0.2) is 0 Å². The molecule has 0 spiro atoms. The summed E-state index contributed by atoms with van der Waals surface area (Å²) < 4.78 is 0. The molecule has 1 heterocycles. The maximum atomic E-state index is 8.82. The molecule has 1 saturated heterocycles. The van der Waals surface area contributed by atoms with Crippen molar-refractivity contribution < 1.29 is 10.0 Å². The number of unbranched alkanes of at least 4 members (excludes halogenated alkanes) is 1. The number of rotatable bonds is 7. The maximum Gasteiger partial charge on any atom is 0.451 e. The standard InChI is InChI=1S/C15H24BClN2O2/c17-13-4-6-14(7-5-13)19-10-8-12(11-19)15(18)3-1-2-9-16(20)21/h4-7,12,15,20-21H,1-3,8-11,18H2/t12-,15?/m1/s1. The summed E-state index contributed by atoms with van der Waals surface area (Å²) in [5.41, 5.74) is 7.49. The van der Waals surface area contributed by atoms with Gasteiger partial charge < -0.3 is 20.7 Å². The minimum atomic E-state index is -1.19. The van der Waals surface area contributed by atoms with Gasteiger partial charge in [0.2, 0.25) is 0 Å². The Bertz CT molecular complexity index is 430. The van der Waals surface area contributed by atoms with Crippen LogP contribution in [0.25, 0.3) is 0 Å². The molecule has 2 atom stereocenters. The molecule has 1 aromatic rings. The first-order valence-corrected chi connectivity index (χ1v) is 8.06. The topological polar surface area (TPSA) is 69.7 Å². The Hall–Kier alpha value is -0.745. The maximum absolute atomic E-state index is 8.82. The molecule has 4 nitrogen and oxygen atoms in total. The number of halogens is 1. The van der Waals surface area contributed by atoms with Crippen LogP contribution in [-0.2, 0) is 0 Å². The fourth-order valence-corrected chi connectivity index (χ4v) is 3.09. The second-order valence-corrected chi connectivity index (χ2v) is 6.34. The zero-order valence-corrected chi connectivity index (χ0v) is 13.0. The summed E-state index contributed by atoms with van der Waals surface area (Å²) in [6.07, 6.45) is 4.28. The van der Waals surface area contributed by atoms with E-state index >= 15 is 0 Å². The minimum absolute atomic E-state index is 0.193. The highest BCUT2D eigenvalue weighted by molar-refractivity contribution is 6.40. The van der Waals surface area contributed by atoms with Crippen molar-refractivity contribution in [2.24, 2.45) is 11.7 Å². The molecule has 1 fully saturated rings. The largest absolute Gasteiger partial charge is 0.451 e. The molecule has 1 aliphatic rings. The first-order chi connectivity index (χ1) is 10.1. The van der Waals surface area contributed by atoms with Crippen molar-refractivity contribution in [2.75, 3.05) is 18.0 Å². The normalized spacial score (nSPS) is 19.8. The molecule has 0 bridgehead atoms. The average molecular weight is 311 g/mol. The number of benzene rings is 1. The number of nitrogens with two attached hydrogens (primary N) is 1. The summed E-state index contributed by atoms with van der Waals surface area (Å²) >= 11 is 5.92. The molecule has 6 heteroatoms. The van der Waals surface area contributed by atoms with Gasteiger partial charge in [-0.3, -0.25) is 0 Å². The fourth-order valence-electron chi connectivity index (χ4n) is 2.97. The van der Waals surface area contributed by atoms with Gasteiger partial charge >= 0.3 is 7.12 Å². The average Bonchev–Trinajstić information content (AvgIpc) is 2.94. The molecular weight excluding hydrogens is 286 g/mol. The number of hydrogen-bond acceptors (Lipinski definition) is 4. The number of anilines is 1. The van der Waals surface area contributed by atoms with E-state index < -0.39 is 7.12 Å². The third kappa shape index (κ3) is 5.18. The van der Waals surface area contributed by atoms with E-state index in [4.69, 9.17) is 27.4 Å². The third-order valence-electron chi connectivity index (χ3n) is 4.27. The first-order valence-electron chi connectivity index (χ1n) is 7.68. The van der Waals surface area contributed by atoms with Crippen LogP contribution in [0.5, 0.6) is 0 Å². The van der Waals surface area contributed by atoms with E-state index in [-0.39, 0.29) is 6.04 Å². The van der Waals surface area contributed by atoms with Gasteiger partial charge in [-0.15, -0.1) is 0 Å². The van der Waals surface area contributed by atoms with Gasteiger partial charge in [0.05, 0.1) is 0 Å². The lowest BCUT2D eigenvalue weighted by Crippen LogP contribution is -2.32. The van der Waals surface area contributed by atoms with Crippen molar-refractivity contribution in [1.82, 2.24) is 0 Å². The van der Waals surface area contributed by atoms with E-state index in [0.29, 0.717) is 12.2 Å². The SMILES string of the molecule is NC(CCCCB(O)O)[C@@H]1CCN(c2ccc(Cl)cc2)C1. The lowest BCUT2D eigenvalue weighted by atomic mass is 9.82. The predicted octanol–water partition coefficient (Wildman–Crippen LogP) is 2.14. The molecule has 116 valence electrons. The van der Waals surface area contributed by atoms with E-state index in [1.165, 1.54) is 5.69 Å². The molecule has 0 aromatic heterocycles. The van der Waals surface area contributed by atoms with Gasteiger partial charge in [0.1, 0.15) is 0 Å². The van der Waals surface area contributed by atoms with E-state index in [2.05, 4.69) is 17.0 Å². The molecule has 21 heavy (non-hydrogen) atoms. The molecule has 4 N–H and O–H groups in total. The smallest absolute Gasteiger partial charge is 0.427 e. The molecular formula is C15H24BClN2O2. The molecule has 1 aromatic carbocycles. The Labute approximate surface area is 132 Å². The Morgan fingerprint density at radius 3 is 2.67 bits per heavy atom. The van der Waals surface area contributed by atoms with Gasteiger partial charge in [-0.1, -0.05) is 24.4 Å². The monoisotopic (exact) mass is 310 g/mol. The van der Waals surface area contributed by atoms with E-state index in [1.807, 2.05) is 12.1 Å². The zero-order valence-electron chi connectivity index (χ0n) is 12.3. The highest BCUT2D eigenvalue weighted by Gasteiger charge is 2.27. The molecule has 0 amide bonds.